The molecule has 0 radical (unpaired) electrons. The largest absolute Gasteiger partial charge is 0.404 e. The Bertz CT molecular complexity index is 1050. The van der Waals surface area contributed by atoms with Gasteiger partial charge in [0.2, 0.25) is 0 Å². The zero-order valence-corrected chi connectivity index (χ0v) is 18.5. The molecule has 2 unspecified atom stereocenters. The summed E-state index contributed by atoms with van der Waals surface area (Å²) in [6, 6.07) is 3.29. The second-order valence-electron chi connectivity index (χ2n) is 10.0. The van der Waals surface area contributed by atoms with Gasteiger partial charge in [0, 0.05) is 30.9 Å². The molecule has 1 aliphatic heterocycles. The Labute approximate surface area is 187 Å². The summed E-state index contributed by atoms with van der Waals surface area (Å²) in [5, 5.41) is 6.30. The first-order valence-corrected chi connectivity index (χ1v) is 11.5. The van der Waals surface area contributed by atoms with Crippen LogP contribution in [0.2, 0.25) is 0 Å². The molecule has 1 aromatic rings. The zero-order chi connectivity index (χ0) is 22.7. The number of hydrogen-bond acceptors (Lipinski definition) is 5. The van der Waals surface area contributed by atoms with Crippen molar-refractivity contribution in [1.29, 1.82) is 0 Å². The van der Waals surface area contributed by atoms with Gasteiger partial charge in [-0.25, -0.2) is 9.38 Å². The van der Waals surface area contributed by atoms with Gasteiger partial charge in [-0.2, -0.15) is 5.10 Å². The molecule has 1 amide bonds. The van der Waals surface area contributed by atoms with E-state index in [2.05, 4.69) is 17.0 Å². The van der Waals surface area contributed by atoms with Crippen molar-refractivity contribution in [2.24, 2.45) is 44.0 Å². The number of rotatable bonds is 5. The SMILES string of the molecule is CC1C=NN(c2c(F)cc(N=C(N)/C(=C\N)C(N)=O)cc2C2CCCC3(CC3)C23CC3)C1. The molecule has 3 aliphatic carbocycles. The van der Waals surface area contributed by atoms with Crippen molar-refractivity contribution in [3.05, 3.63) is 35.3 Å². The predicted molar refractivity (Wildman–Crippen MR) is 124 cm³/mol. The Morgan fingerprint density at radius 2 is 2.00 bits per heavy atom. The van der Waals surface area contributed by atoms with Crippen molar-refractivity contribution in [3.8, 4) is 0 Å². The maximum Gasteiger partial charge on any atom is 0.253 e. The number of hydrogen-bond donors (Lipinski definition) is 3. The number of nitrogens with two attached hydrogens (primary N) is 3. The minimum Gasteiger partial charge on any atom is -0.404 e. The number of amidine groups is 1. The molecular formula is C24H31FN6O. The van der Waals surface area contributed by atoms with Crippen molar-refractivity contribution in [2.45, 2.75) is 57.8 Å². The third-order valence-electron chi connectivity index (χ3n) is 8.10. The fraction of sp³-hybridized carbons (Fsp3) is 0.542. The fourth-order valence-corrected chi connectivity index (χ4v) is 6.32. The molecule has 0 saturated heterocycles. The molecule has 0 aromatic heterocycles. The zero-order valence-electron chi connectivity index (χ0n) is 18.5. The first kappa shape index (κ1) is 21.0. The first-order chi connectivity index (χ1) is 15.3. The van der Waals surface area contributed by atoms with Gasteiger partial charge in [-0.15, -0.1) is 0 Å². The highest BCUT2D eigenvalue weighted by molar-refractivity contribution is 6.20. The highest BCUT2D eigenvalue weighted by Crippen LogP contribution is 2.80. The summed E-state index contributed by atoms with van der Waals surface area (Å²) in [5.41, 5.74) is 19.3. The lowest BCUT2D eigenvalue weighted by Gasteiger charge is -2.41. The number of primary amides is 1. The van der Waals surface area contributed by atoms with E-state index in [9.17, 15) is 4.79 Å². The molecule has 6 N–H and O–H groups in total. The minimum absolute atomic E-state index is 0.0812. The van der Waals surface area contributed by atoms with E-state index < -0.39 is 5.91 Å². The van der Waals surface area contributed by atoms with Crippen molar-refractivity contribution >= 4 is 29.3 Å². The molecule has 2 atom stereocenters. The summed E-state index contributed by atoms with van der Waals surface area (Å²) in [6.45, 7) is 2.73. The van der Waals surface area contributed by atoms with Crippen molar-refractivity contribution < 1.29 is 9.18 Å². The molecule has 170 valence electrons. The monoisotopic (exact) mass is 438 g/mol. The number of hydrazone groups is 1. The van der Waals surface area contributed by atoms with Gasteiger partial charge in [-0.05, 0) is 66.9 Å². The number of amides is 1. The Morgan fingerprint density at radius 3 is 2.56 bits per heavy atom. The normalized spacial score (nSPS) is 27.9. The molecule has 8 heteroatoms. The van der Waals surface area contributed by atoms with Gasteiger partial charge in [0.1, 0.15) is 5.84 Å². The van der Waals surface area contributed by atoms with Gasteiger partial charge in [-0.1, -0.05) is 13.3 Å². The third-order valence-corrected chi connectivity index (χ3v) is 8.10. The summed E-state index contributed by atoms with van der Waals surface area (Å²) in [4.78, 5) is 15.9. The maximum absolute atomic E-state index is 15.7. The number of carbonyl (C=O) groups is 1. The Hall–Kier alpha value is -2.90. The molecule has 7 nitrogen and oxygen atoms in total. The maximum atomic E-state index is 15.7. The number of halogens is 1. The van der Waals surface area contributed by atoms with Crippen LogP contribution in [0.25, 0.3) is 0 Å². The second kappa shape index (κ2) is 7.32. The quantitative estimate of drug-likeness (QED) is 0.370. The van der Waals surface area contributed by atoms with E-state index >= 15 is 4.39 Å². The van der Waals surface area contributed by atoms with Crippen LogP contribution in [0.3, 0.4) is 0 Å². The highest BCUT2D eigenvalue weighted by atomic mass is 19.1. The van der Waals surface area contributed by atoms with Crippen LogP contribution in [-0.2, 0) is 4.79 Å². The van der Waals surface area contributed by atoms with E-state index in [1.165, 1.54) is 38.2 Å². The number of nitrogens with zero attached hydrogens (tertiary/aromatic N) is 3. The van der Waals surface area contributed by atoms with E-state index in [-0.39, 0.29) is 34.5 Å². The fourth-order valence-electron chi connectivity index (χ4n) is 6.32. The van der Waals surface area contributed by atoms with E-state index in [1.807, 2.05) is 12.3 Å². The first-order valence-electron chi connectivity index (χ1n) is 11.5. The van der Waals surface area contributed by atoms with Gasteiger partial charge >= 0.3 is 0 Å². The molecule has 4 aliphatic rings. The summed E-state index contributed by atoms with van der Waals surface area (Å²) >= 11 is 0. The van der Waals surface area contributed by atoms with E-state index in [1.54, 1.807) is 5.01 Å². The second-order valence-corrected chi connectivity index (χ2v) is 10.0. The standard InChI is InChI=1S/C24H31FN6O/c1-14-12-29-31(13-14)20-16(18-3-2-4-23(5-6-23)24(18)7-8-24)9-15(10-19(20)25)30-21(27)17(11-26)22(28)32/h9-12,14,18H,2-8,13,26H2,1H3,(H2,27,30)(H2,28,32)/b17-11+. The predicted octanol–water partition coefficient (Wildman–Crippen LogP) is 3.41. The Balaban J connectivity index is 1.62. The number of carbonyl (C=O) groups excluding carboxylic acids is 1. The molecule has 32 heavy (non-hydrogen) atoms. The van der Waals surface area contributed by atoms with Crippen LogP contribution < -0.4 is 22.2 Å². The molecule has 0 bridgehead atoms. The lowest BCUT2D eigenvalue weighted by molar-refractivity contribution is -0.114. The number of benzene rings is 1. The van der Waals surface area contributed by atoms with Crippen molar-refractivity contribution in [2.75, 3.05) is 11.6 Å². The smallest absolute Gasteiger partial charge is 0.253 e. The minimum atomic E-state index is -0.772. The summed E-state index contributed by atoms with van der Waals surface area (Å²) in [7, 11) is 0. The van der Waals surface area contributed by atoms with Crippen LogP contribution in [0.4, 0.5) is 15.8 Å². The summed E-state index contributed by atoms with van der Waals surface area (Å²) in [5.74, 6) is -0.726. The average Bonchev–Trinajstić information content (AvgIpc) is 3.63. The topological polar surface area (TPSA) is 123 Å². The van der Waals surface area contributed by atoms with Crippen LogP contribution >= 0.6 is 0 Å². The summed E-state index contributed by atoms with van der Waals surface area (Å²) in [6.07, 6.45) is 11.4. The van der Waals surface area contributed by atoms with E-state index in [0.29, 0.717) is 23.3 Å². The van der Waals surface area contributed by atoms with Crippen LogP contribution in [0.5, 0.6) is 0 Å². The molecule has 1 heterocycles. The van der Waals surface area contributed by atoms with Crippen molar-refractivity contribution in [1.82, 2.24) is 0 Å². The average molecular weight is 439 g/mol. The number of fused-ring (bicyclic) bond motifs is 1. The van der Waals surface area contributed by atoms with Gasteiger partial charge in [0.25, 0.3) is 5.91 Å². The van der Waals surface area contributed by atoms with Crippen LogP contribution in [0.15, 0.2) is 34.0 Å². The summed E-state index contributed by atoms with van der Waals surface area (Å²) < 4.78 is 15.7. The van der Waals surface area contributed by atoms with Crippen LogP contribution in [0.1, 0.15) is 63.4 Å². The van der Waals surface area contributed by atoms with Gasteiger partial charge in [0.05, 0.1) is 16.9 Å². The van der Waals surface area contributed by atoms with Gasteiger partial charge in [0.15, 0.2) is 5.82 Å². The molecule has 5 rings (SSSR count). The van der Waals surface area contributed by atoms with Crippen molar-refractivity contribution in [3.63, 3.8) is 0 Å². The number of anilines is 1. The van der Waals surface area contributed by atoms with Gasteiger partial charge in [-0.3, -0.25) is 9.80 Å². The lowest BCUT2D eigenvalue weighted by atomic mass is 9.64. The van der Waals surface area contributed by atoms with E-state index in [0.717, 1.165) is 24.6 Å². The molecule has 2 spiro atoms. The third kappa shape index (κ3) is 3.19. The Morgan fingerprint density at radius 1 is 1.25 bits per heavy atom. The molecule has 3 saturated carbocycles. The van der Waals surface area contributed by atoms with Crippen LogP contribution in [0, 0.1) is 22.6 Å². The van der Waals surface area contributed by atoms with Crippen LogP contribution in [-0.4, -0.2) is 24.5 Å². The molecular weight excluding hydrogens is 407 g/mol. The molecule has 1 aromatic carbocycles. The van der Waals surface area contributed by atoms with E-state index in [4.69, 9.17) is 17.2 Å². The highest BCUT2D eigenvalue weighted by Gasteiger charge is 2.69. The number of aliphatic imine (C=N–C) groups is 1. The Kier molecular flexibility index (Phi) is 4.80. The molecule has 3 fully saturated rings. The van der Waals surface area contributed by atoms with Gasteiger partial charge < -0.3 is 17.2 Å². The lowest BCUT2D eigenvalue weighted by Crippen LogP contribution is -2.31.